The first-order valence-corrected chi connectivity index (χ1v) is 6.51. The number of halogens is 1. The third-order valence-electron chi connectivity index (χ3n) is 2.86. The first kappa shape index (κ1) is 14.9. The van der Waals surface area contributed by atoms with Crippen LogP contribution in [0.4, 0.5) is 10.2 Å². The van der Waals surface area contributed by atoms with Crippen LogP contribution in [0, 0.1) is 12.7 Å². The Morgan fingerprint density at radius 2 is 1.90 bits per heavy atom. The Hall–Kier alpha value is -2.50. The topological polar surface area (TPSA) is 58.1 Å². The third kappa shape index (κ3) is 3.98. The van der Waals surface area contributed by atoms with Gasteiger partial charge in [-0.1, -0.05) is 0 Å². The number of amides is 1. The van der Waals surface area contributed by atoms with Gasteiger partial charge in [-0.2, -0.15) is 0 Å². The maximum atomic E-state index is 12.8. The van der Waals surface area contributed by atoms with Crippen molar-refractivity contribution in [1.29, 1.82) is 0 Å². The molecule has 0 aliphatic heterocycles. The van der Waals surface area contributed by atoms with Gasteiger partial charge in [0.05, 0.1) is 6.54 Å². The van der Waals surface area contributed by atoms with Gasteiger partial charge in [-0.3, -0.25) is 4.79 Å². The number of aromatic nitrogens is 2. The number of rotatable bonds is 4. The van der Waals surface area contributed by atoms with Crippen LogP contribution >= 0.6 is 0 Å². The summed E-state index contributed by atoms with van der Waals surface area (Å²) in [5.74, 6) is 0.665. The van der Waals surface area contributed by atoms with Gasteiger partial charge in [0.2, 0.25) is 0 Å². The summed E-state index contributed by atoms with van der Waals surface area (Å²) in [4.78, 5) is 22.4. The van der Waals surface area contributed by atoms with Gasteiger partial charge in [0.25, 0.3) is 5.91 Å². The van der Waals surface area contributed by atoms with Crippen molar-refractivity contribution in [2.24, 2.45) is 0 Å². The summed E-state index contributed by atoms with van der Waals surface area (Å²) in [6.45, 7) is 2.10. The normalized spacial score (nSPS) is 10.3. The SMILES string of the molecule is Cc1cc(N(C)C)nc(CNC(=O)c2ccc(F)cc2)n1. The smallest absolute Gasteiger partial charge is 0.251 e. The highest BCUT2D eigenvalue weighted by molar-refractivity contribution is 5.94. The first-order chi connectivity index (χ1) is 9.95. The van der Waals surface area contributed by atoms with Crippen molar-refractivity contribution in [3.05, 3.63) is 53.2 Å². The second kappa shape index (κ2) is 6.30. The van der Waals surface area contributed by atoms with E-state index >= 15 is 0 Å². The van der Waals surface area contributed by atoms with Crippen molar-refractivity contribution in [3.8, 4) is 0 Å². The molecule has 0 atom stereocenters. The molecule has 21 heavy (non-hydrogen) atoms. The van der Waals surface area contributed by atoms with Crippen LogP contribution in [0.3, 0.4) is 0 Å². The highest BCUT2D eigenvalue weighted by Crippen LogP contribution is 2.09. The van der Waals surface area contributed by atoms with Crippen molar-refractivity contribution in [2.75, 3.05) is 19.0 Å². The van der Waals surface area contributed by atoms with Crippen LogP contribution in [0.15, 0.2) is 30.3 Å². The molecule has 1 amide bonds. The average molecular weight is 288 g/mol. The Kier molecular flexibility index (Phi) is 4.47. The minimum atomic E-state index is -0.371. The van der Waals surface area contributed by atoms with Gasteiger partial charge < -0.3 is 10.2 Å². The van der Waals surface area contributed by atoms with Crippen LogP contribution in [-0.2, 0) is 6.54 Å². The van der Waals surface area contributed by atoms with Gasteiger partial charge in [0.15, 0.2) is 0 Å². The van der Waals surface area contributed by atoms with E-state index in [4.69, 9.17) is 0 Å². The predicted molar refractivity (Wildman–Crippen MR) is 78.7 cm³/mol. The van der Waals surface area contributed by atoms with Gasteiger partial charge in [-0.15, -0.1) is 0 Å². The molecule has 1 N–H and O–H groups in total. The summed E-state index contributed by atoms with van der Waals surface area (Å²) in [6.07, 6.45) is 0. The van der Waals surface area contributed by atoms with E-state index in [1.54, 1.807) is 0 Å². The molecule has 2 aromatic rings. The summed E-state index contributed by atoms with van der Waals surface area (Å²) in [5, 5.41) is 2.72. The highest BCUT2D eigenvalue weighted by atomic mass is 19.1. The Morgan fingerprint density at radius 3 is 2.52 bits per heavy atom. The quantitative estimate of drug-likeness (QED) is 0.934. The minimum Gasteiger partial charge on any atom is -0.363 e. The fourth-order valence-electron chi connectivity index (χ4n) is 1.78. The number of carbonyl (C=O) groups excluding carboxylic acids is 1. The molecule has 0 aliphatic carbocycles. The van der Waals surface area contributed by atoms with Crippen LogP contribution in [0.5, 0.6) is 0 Å². The molecular weight excluding hydrogens is 271 g/mol. The average Bonchev–Trinajstić information content (AvgIpc) is 2.45. The van der Waals surface area contributed by atoms with E-state index in [1.165, 1.54) is 24.3 Å². The zero-order valence-corrected chi connectivity index (χ0v) is 12.2. The number of aryl methyl sites for hydroxylation is 1. The number of hydrogen-bond acceptors (Lipinski definition) is 4. The zero-order chi connectivity index (χ0) is 15.4. The van der Waals surface area contributed by atoms with Crippen LogP contribution in [0.25, 0.3) is 0 Å². The van der Waals surface area contributed by atoms with Crippen LogP contribution in [0.1, 0.15) is 21.9 Å². The zero-order valence-electron chi connectivity index (χ0n) is 12.2. The number of anilines is 1. The number of nitrogens with zero attached hydrogens (tertiary/aromatic N) is 3. The molecule has 0 unspecified atom stereocenters. The molecule has 0 bridgehead atoms. The molecule has 0 spiro atoms. The molecule has 1 aromatic carbocycles. The summed E-state index contributed by atoms with van der Waals surface area (Å²) >= 11 is 0. The molecular formula is C15H17FN4O. The van der Waals surface area contributed by atoms with Gasteiger partial charge >= 0.3 is 0 Å². The lowest BCUT2D eigenvalue weighted by Crippen LogP contribution is -2.24. The van der Waals surface area contributed by atoms with Gasteiger partial charge in [-0.05, 0) is 31.2 Å². The van der Waals surface area contributed by atoms with Crippen LogP contribution < -0.4 is 10.2 Å². The van der Waals surface area contributed by atoms with Crippen molar-refractivity contribution in [2.45, 2.75) is 13.5 Å². The molecule has 0 saturated heterocycles. The minimum absolute atomic E-state index is 0.221. The van der Waals surface area contributed by atoms with E-state index < -0.39 is 0 Å². The van der Waals surface area contributed by atoms with Crippen molar-refractivity contribution in [3.63, 3.8) is 0 Å². The number of hydrogen-bond donors (Lipinski definition) is 1. The van der Waals surface area contributed by atoms with Crippen LogP contribution in [-0.4, -0.2) is 30.0 Å². The molecule has 110 valence electrons. The van der Waals surface area contributed by atoms with Crippen molar-refractivity contribution in [1.82, 2.24) is 15.3 Å². The fourth-order valence-corrected chi connectivity index (χ4v) is 1.78. The van der Waals surface area contributed by atoms with Crippen LogP contribution in [0.2, 0.25) is 0 Å². The summed E-state index contributed by atoms with van der Waals surface area (Å²) in [5.41, 5.74) is 1.23. The first-order valence-electron chi connectivity index (χ1n) is 6.51. The molecule has 0 fully saturated rings. The molecule has 5 nitrogen and oxygen atoms in total. The Labute approximate surface area is 122 Å². The van der Waals surface area contributed by atoms with E-state index in [9.17, 15) is 9.18 Å². The van der Waals surface area contributed by atoms with Crippen molar-refractivity contribution < 1.29 is 9.18 Å². The van der Waals surface area contributed by atoms with E-state index in [2.05, 4.69) is 15.3 Å². The maximum Gasteiger partial charge on any atom is 0.251 e. The molecule has 1 aromatic heterocycles. The van der Waals surface area contributed by atoms with Crippen molar-refractivity contribution >= 4 is 11.7 Å². The molecule has 2 rings (SSSR count). The predicted octanol–water partition coefficient (Wildman–Crippen LogP) is 1.92. The monoisotopic (exact) mass is 288 g/mol. The lowest BCUT2D eigenvalue weighted by Gasteiger charge is -2.13. The molecule has 0 saturated carbocycles. The molecule has 6 heteroatoms. The lowest BCUT2D eigenvalue weighted by atomic mass is 10.2. The number of carbonyl (C=O) groups is 1. The maximum absolute atomic E-state index is 12.8. The lowest BCUT2D eigenvalue weighted by molar-refractivity contribution is 0.0950. The number of benzene rings is 1. The van der Waals surface area contributed by atoms with Gasteiger partial charge in [0, 0.05) is 31.4 Å². The highest BCUT2D eigenvalue weighted by Gasteiger charge is 2.08. The second-order valence-corrected chi connectivity index (χ2v) is 4.87. The van der Waals surface area contributed by atoms with E-state index in [0.29, 0.717) is 11.4 Å². The third-order valence-corrected chi connectivity index (χ3v) is 2.86. The fraction of sp³-hybridized carbons (Fsp3) is 0.267. The van der Waals surface area contributed by atoms with E-state index in [1.807, 2.05) is 32.0 Å². The number of nitrogens with one attached hydrogen (secondary N) is 1. The van der Waals surface area contributed by atoms with E-state index in [0.717, 1.165) is 11.5 Å². The van der Waals surface area contributed by atoms with E-state index in [-0.39, 0.29) is 18.3 Å². The Morgan fingerprint density at radius 1 is 1.24 bits per heavy atom. The molecule has 0 radical (unpaired) electrons. The molecule has 1 heterocycles. The Balaban J connectivity index is 2.05. The summed E-state index contributed by atoms with van der Waals surface area (Å²) in [6, 6.07) is 7.25. The van der Waals surface area contributed by atoms with Gasteiger partial charge in [-0.25, -0.2) is 14.4 Å². The summed E-state index contributed by atoms with van der Waals surface area (Å²) < 4.78 is 12.8. The van der Waals surface area contributed by atoms with Gasteiger partial charge in [0.1, 0.15) is 17.5 Å². The second-order valence-electron chi connectivity index (χ2n) is 4.87. The largest absolute Gasteiger partial charge is 0.363 e. The standard InChI is InChI=1S/C15H17FN4O/c1-10-8-14(20(2)3)19-13(18-10)9-17-15(21)11-4-6-12(16)7-5-11/h4-8H,9H2,1-3H3,(H,17,21). The summed E-state index contributed by atoms with van der Waals surface area (Å²) in [7, 11) is 3.78. The Bertz CT molecular complexity index is 641. The molecule has 0 aliphatic rings.